The summed E-state index contributed by atoms with van der Waals surface area (Å²) in [5.74, 6) is 0.403. The lowest BCUT2D eigenvalue weighted by Crippen LogP contribution is -2.33. The van der Waals surface area contributed by atoms with Gasteiger partial charge in [0.1, 0.15) is 12.9 Å². The van der Waals surface area contributed by atoms with Crippen molar-refractivity contribution in [2.24, 2.45) is 5.92 Å². The van der Waals surface area contributed by atoms with Crippen LogP contribution in [0.25, 0.3) is 11.0 Å². The van der Waals surface area contributed by atoms with Gasteiger partial charge in [0, 0.05) is 12.2 Å². The average molecular weight is 376 g/mol. The molecule has 1 amide bonds. The molecule has 28 heavy (non-hydrogen) atoms. The summed E-state index contributed by atoms with van der Waals surface area (Å²) >= 11 is 0. The van der Waals surface area contributed by atoms with E-state index in [9.17, 15) is 9.59 Å². The molecule has 2 aromatic heterocycles. The number of hydrogen-bond acceptors (Lipinski definition) is 4. The maximum atomic E-state index is 12.8. The van der Waals surface area contributed by atoms with E-state index in [0.717, 1.165) is 42.5 Å². The first-order valence-corrected chi connectivity index (χ1v) is 9.78. The van der Waals surface area contributed by atoms with Crippen molar-refractivity contribution in [3.05, 3.63) is 69.9 Å². The second-order valence-electron chi connectivity index (χ2n) is 7.58. The van der Waals surface area contributed by atoms with Crippen molar-refractivity contribution in [2.45, 2.75) is 39.2 Å². The van der Waals surface area contributed by atoms with Gasteiger partial charge in [-0.2, -0.15) is 0 Å². The van der Waals surface area contributed by atoms with Crippen LogP contribution in [0.4, 0.5) is 0 Å². The van der Waals surface area contributed by atoms with Crippen molar-refractivity contribution in [1.82, 2.24) is 19.9 Å². The van der Waals surface area contributed by atoms with Crippen molar-refractivity contribution in [3.63, 3.8) is 0 Å². The fourth-order valence-electron chi connectivity index (χ4n) is 3.74. The van der Waals surface area contributed by atoms with Gasteiger partial charge in [0.15, 0.2) is 5.65 Å². The van der Waals surface area contributed by atoms with Gasteiger partial charge in [-0.25, -0.2) is 9.97 Å². The van der Waals surface area contributed by atoms with Crippen LogP contribution in [0, 0.1) is 5.92 Å². The number of hydrogen-bond donors (Lipinski definition) is 1. The van der Waals surface area contributed by atoms with Crippen LogP contribution >= 0.6 is 0 Å². The SMILES string of the molecule is CC1CCc2nc3ncn(CC(=O)NCCc4ccccc4)c(=O)c3cc2C1. The highest BCUT2D eigenvalue weighted by atomic mass is 16.2. The zero-order valence-electron chi connectivity index (χ0n) is 16.0. The first kappa shape index (κ1) is 18.3. The molecule has 4 rings (SSSR count). The van der Waals surface area contributed by atoms with E-state index in [1.807, 2.05) is 36.4 Å². The van der Waals surface area contributed by atoms with Gasteiger partial charge in [0.25, 0.3) is 5.56 Å². The summed E-state index contributed by atoms with van der Waals surface area (Å²) in [4.78, 5) is 34.0. The Morgan fingerprint density at radius 1 is 1.29 bits per heavy atom. The van der Waals surface area contributed by atoms with Crippen molar-refractivity contribution in [3.8, 4) is 0 Å². The zero-order chi connectivity index (χ0) is 19.5. The van der Waals surface area contributed by atoms with Crippen molar-refractivity contribution in [2.75, 3.05) is 6.54 Å². The van der Waals surface area contributed by atoms with E-state index in [0.29, 0.717) is 23.5 Å². The Hall–Kier alpha value is -3.02. The molecule has 0 radical (unpaired) electrons. The molecule has 1 aliphatic rings. The Bertz CT molecular complexity index is 1060. The van der Waals surface area contributed by atoms with Crippen LogP contribution in [-0.2, 0) is 30.6 Å². The third-order valence-corrected chi connectivity index (χ3v) is 5.32. The van der Waals surface area contributed by atoms with Crippen LogP contribution in [0.2, 0.25) is 0 Å². The van der Waals surface area contributed by atoms with E-state index in [-0.39, 0.29) is 18.0 Å². The van der Waals surface area contributed by atoms with Crippen LogP contribution < -0.4 is 10.9 Å². The minimum absolute atomic E-state index is 0.0376. The number of fused-ring (bicyclic) bond motifs is 2. The predicted molar refractivity (Wildman–Crippen MR) is 108 cm³/mol. The number of carbonyl (C=O) groups excluding carboxylic acids is 1. The van der Waals surface area contributed by atoms with Gasteiger partial charge in [-0.05, 0) is 48.8 Å². The number of benzene rings is 1. The molecule has 0 bridgehead atoms. The molecule has 3 aromatic rings. The first-order valence-electron chi connectivity index (χ1n) is 9.78. The van der Waals surface area contributed by atoms with Gasteiger partial charge in [0.2, 0.25) is 5.91 Å². The number of aryl methyl sites for hydroxylation is 1. The predicted octanol–water partition coefficient (Wildman–Crippen LogP) is 2.28. The van der Waals surface area contributed by atoms with Gasteiger partial charge in [0.05, 0.1) is 5.39 Å². The number of nitrogens with one attached hydrogen (secondary N) is 1. The fraction of sp³-hybridized carbons (Fsp3) is 0.364. The monoisotopic (exact) mass is 376 g/mol. The standard InChI is InChI=1S/C22H24N4O2/c1-15-7-8-19-17(11-15)12-18-21(25-19)24-14-26(22(18)28)13-20(27)23-10-9-16-5-3-2-4-6-16/h2-6,12,14-15H,7-11,13H2,1H3,(H,23,27). The van der Waals surface area contributed by atoms with E-state index in [1.54, 1.807) is 0 Å². The molecule has 1 aromatic carbocycles. The second kappa shape index (κ2) is 7.92. The third kappa shape index (κ3) is 3.96. The summed E-state index contributed by atoms with van der Waals surface area (Å²) in [6, 6.07) is 11.9. The largest absolute Gasteiger partial charge is 0.354 e. The van der Waals surface area contributed by atoms with Crippen LogP contribution in [0.5, 0.6) is 0 Å². The molecular weight excluding hydrogens is 352 g/mol. The Labute approximate surface area is 163 Å². The molecule has 0 aliphatic heterocycles. The smallest absolute Gasteiger partial charge is 0.263 e. The van der Waals surface area contributed by atoms with E-state index in [4.69, 9.17) is 0 Å². The van der Waals surface area contributed by atoms with Crippen LogP contribution in [0.15, 0.2) is 47.5 Å². The molecule has 0 saturated heterocycles. The number of nitrogens with zero attached hydrogens (tertiary/aromatic N) is 3. The highest BCUT2D eigenvalue weighted by Gasteiger charge is 2.19. The molecule has 6 heteroatoms. The average Bonchev–Trinajstić information content (AvgIpc) is 2.70. The quantitative estimate of drug-likeness (QED) is 0.741. The second-order valence-corrected chi connectivity index (χ2v) is 7.58. The molecule has 0 spiro atoms. The molecule has 1 unspecified atom stereocenters. The summed E-state index contributed by atoms with van der Waals surface area (Å²) in [5.41, 5.74) is 3.61. The molecular formula is C22H24N4O2. The van der Waals surface area contributed by atoms with Gasteiger partial charge in [-0.1, -0.05) is 37.3 Å². The number of rotatable bonds is 5. The molecule has 0 saturated carbocycles. The Balaban J connectivity index is 1.47. The van der Waals surface area contributed by atoms with Crippen LogP contribution in [-0.4, -0.2) is 27.0 Å². The van der Waals surface area contributed by atoms with E-state index >= 15 is 0 Å². The molecule has 6 nitrogen and oxygen atoms in total. The molecule has 144 valence electrons. The lowest BCUT2D eigenvalue weighted by molar-refractivity contribution is -0.121. The summed E-state index contributed by atoms with van der Waals surface area (Å²) in [6.07, 6.45) is 5.16. The Morgan fingerprint density at radius 2 is 2.11 bits per heavy atom. The first-order chi connectivity index (χ1) is 13.6. The molecule has 1 aliphatic carbocycles. The van der Waals surface area contributed by atoms with Crippen molar-refractivity contribution in [1.29, 1.82) is 0 Å². The van der Waals surface area contributed by atoms with Gasteiger partial charge in [-0.3, -0.25) is 14.2 Å². The minimum atomic E-state index is -0.211. The van der Waals surface area contributed by atoms with Crippen molar-refractivity contribution >= 4 is 16.9 Å². The summed E-state index contributed by atoms with van der Waals surface area (Å²) in [5, 5.41) is 3.36. The number of pyridine rings is 1. The lowest BCUT2D eigenvalue weighted by atomic mass is 9.87. The van der Waals surface area contributed by atoms with E-state index in [2.05, 4.69) is 22.2 Å². The molecule has 2 heterocycles. The van der Waals surface area contributed by atoms with E-state index in [1.165, 1.54) is 10.9 Å². The van der Waals surface area contributed by atoms with Crippen LogP contribution in [0.3, 0.4) is 0 Å². The van der Waals surface area contributed by atoms with Gasteiger partial charge in [-0.15, -0.1) is 0 Å². The Kier molecular flexibility index (Phi) is 5.19. The molecule has 1 atom stereocenters. The summed E-state index contributed by atoms with van der Waals surface area (Å²) in [7, 11) is 0. The molecule has 0 fully saturated rings. The maximum Gasteiger partial charge on any atom is 0.263 e. The zero-order valence-corrected chi connectivity index (χ0v) is 16.0. The number of amides is 1. The maximum absolute atomic E-state index is 12.8. The van der Waals surface area contributed by atoms with Gasteiger partial charge < -0.3 is 5.32 Å². The topological polar surface area (TPSA) is 76.9 Å². The molecule has 1 N–H and O–H groups in total. The normalized spacial score (nSPS) is 16.0. The van der Waals surface area contributed by atoms with Gasteiger partial charge >= 0.3 is 0 Å². The Morgan fingerprint density at radius 3 is 2.93 bits per heavy atom. The highest BCUT2D eigenvalue weighted by molar-refractivity contribution is 5.77. The lowest BCUT2D eigenvalue weighted by Gasteiger charge is -2.20. The minimum Gasteiger partial charge on any atom is -0.354 e. The van der Waals surface area contributed by atoms with Crippen LogP contribution in [0.1, 0.15) is 30.2 Å². The van der Waals surface area contributed by atoms with E-state index < -0.39 is 0 Å². The van der Waals surface area contributed by atoms with Crippen molar-refractivity contribution < 1.29 is 4.79 Å². The number of aromatic nitrogens is 3. The summed E-state index contributed by atoms with van der Waals surface area (Å²) in [6.45, 7) is 2.71. The fourth-order valence-corrected chi connectivity index (χ4v) is 3.74. The highest BCUT2D eigenvalue weighted by Crippen LogP contribution is 2.25. The summed E-state index contributed by atoms with van der Waals surface area (Å²) < 4.78 is 1.36. The number of carbonyl (C=O) groups is 1. The third-order valence-electron chi connectivity index (χ3n) is 5.32.